The minimum absolute atomic E-state index is 0.00902. The van der Waals surface area contributed by atoms with Crippen LogP contribution in [0, 0.1) is 12.3 Å². The number of ether oxygens (including phenoxy) is 2. The third kappa shape index (κ3) is 7.88. The van der Waals surface area contributed by atoms with Gasteiger partial charge < -0.3 is 19.7 Å². The highest BCUT2D eigenvalue weighted by atomic mass is 32.3. The monoisotopic (exact) mass is 726 g/mol. The number of carbonyl (C=O) groups is 2. The number of hydrogen-bond donors (Lipinski definition) is 4. The van der Waals surface area contributed by atoms with Crippen molar-refractivity contribution < 1.29 is 38.4 Å². The van der Waals surface area contributed by atoms with Crippen LogP contribution in [-0.4, -0.2) is 63.2 Å². The standard InChI is InChI=1S/C39H42N4O8S/c1-25-15-16-30(19-32(25)22-43-20-26(2)51-34-13-5-6-14-35(34)52(43,48)49)36(39(3,4)38(46)47)50-24-33-23-42(41-40-33)21-27-9-7-10-28(17-27)29-11-8-12-31(18-29)37(44)45/h5-19,23,26,36,48-49H,20-22,24H2,1-4H3,(H,44,45)(H,46,47). The zero-order valence-electron chi connectivity index (χ0n) is 29.3. The van der Waals surface area contributed by atoms with Crippen LogP contribution >= 0.6 is 10.8 Å². The predicted octanol–water partition coefficient (Wildman–Crippen LogP) is 7.68. The van der Waals surface area contributed by atoms with Gasteiger partial charge in [0, 0.05) is 6.54 Å². The fourth-order valence-corrected chi connectivity index (χ4v) is 7.94. The molecule has 13 heteroatoms. The number of nitrogens with zero attached hydrogens (tertiary/aromatic N) is 4. The van der Waals surface area contributed by atoms with Crippen LogP contribution in [0.4, 0.5) is 0 Å². The van der Waals surface area contributed by atoms with E-state index in [1.54, 1.807) is 71.5 Å². The van der Waals surface area contributed by atoms with E-state index in [0.717, 1.165) is 27.8 Å². The lowest BCUT2D eigenvalue weighted by Gasteiger charge is -2.42. The number of aromatic nitrogens is 3. The lowest BCUT2D eigenvalue weighted by molar-refractivity contribution is -0.158. The average Bonchev–Trinajstić information content (AvgIpc) is 3.52. The zero-order valence-corrected chi connectivity index (χ0v) is 30.2. The molecule has 0 saturated carbocycles. The van der Waals surface area contributed by atoms with Gasteiger partial charge in [0.05, 0.1) is 43.0 Å². The molecule has 2 heterocycles. The Kier molecular flexibility index (Phi) is 10.5. The zero-order chi connectivity index (χ0) is 37.2. The fourth-order valence-electron chi connectivity index (χ4n) is 6.28. The average molecular weight is 727 g/mol. The van der Waals surface area contributed by atoms with Gasteiger partial charge in [-0.3, -0.25) is 13.9 Å². The van der Waals surface area contributed by atoms with Crippen molar-refractivity contribution >= 4 is 22.7 Å². The van der Waals surface area contributed by atoms with E-state index in [-0.39, 0.29) is 31.4 Å². The Morgan fingerprint density at radius 3 is 2.44 bits per heavy atom. The summed E-state index contributed by atoms with van der Waals surface area (Å²) in [7, 11) is -3.39. The lowest BCUT2D eigenvalue weighted by Crippen LogP contribution is -2.34. The topological polar surface area (TPSA) is 167 Å². The second-order valence-corrected chi connectivity index (χ2v) is 15.6. The molecule has 0 bridgehead atoms. The van der Waals surface area contributed by atoms with E-state index in [1.807, 2.05) is 62.4 Å². The highest BCUT2D eigenvalue weighted by molar-refractivity contribution is 8.22. The van der Waals surface area contributed by atoms with Gasteiger partial charge in [0.1, 0.15) is 22.4 Å². The second kappa shape index (κ2) is 14.9. The van der Waals surface area contributed by atoms with Crippen molar-refractivity contribution in [3.63, 3.8) is 0 Å². The van der Waals surface area contributed by atoms with Gasteiger partial charge in [-0.1, -0.05) is 65.9 Å². The number of benzene rings is 4. The highest BCUT2D eigenvalue weighted by Gasteiger charge is 2.40. The van der Waals surface area contributed by atoms with Crippen LogP contribution in [-0.2, 0) is 29.2 Å². The molecule has 2 unspecified atom stereocenters. The van der Waals surface area contributed by atoms with E-state index in [9.17, 15) is 28.9 Å². The van der Waals surface area contributed by atoms with Crippen molar-refractivity contribution in [1.29, 1.82) is 0 Å². The largest absolute Gasteiger partial charge is 0.487 e. The second-order valence-electron chi connectivity index (χ2n) is 13.6. The number of aromatic carboxylic acids is 1. The summed E-state index contributed by atoms with van der Waals surface area (Å²) in [6, 6.07) is 27.0. The summed E-state index contributed by atoms with van der Waals surface area (Å²) in [5.41, 5.74) is 4.28. The van der Waals surface area contributed by atoms with Crippen molar-refractivity contribution in [2.45, 2.75) is 64.5 Å². The molecular weight excluding hydrogens is 685 g/mol. The molecule has 1 aromatic heterocycles. The van der Waals surface area contributed by atoms with E-state index in [2.05, 4.69) is 10.3 Å². The molecule has 0 spiro atoms. The van der Waals surface area contributed by atoms with Gasteiger partial charge in [-0.15, -0.1) is 15.9 Å². The molecule has 52 heavy (non-hydrogen) atoms. The van der Waals surface area contributed by atoms with Crippen molar-refractivity contribution in [1.82, 2.24) is 19.3 Å². The van der Waals surface area contributed by atoms with E-state index < -0.39 is 34.2 Å². The number of fused-ring (bicyclic) bond motifs is 1. The first-order valence-corrected chi connectivity index (χ1v) is 18.3. The number of para-hydroxylation sites is 1. The Labute approximate surface area is 303 Å². The Morgan fingerprint density at radius 1 is 0.962 bits per heavy atom. The summed E-state index contributed by atoms with van der Waals surface area (Å²) in [5.74, 6) is -1.59. The van der Waals surface area contributed by atoms with Gasteiger partial charge in [-0.2, -0.15) is 4.31 Å². The molecule has 5 aromatic rings. The highest BCUT2D eigenvalue weighted by Crippen LogP contribution is 2.57. The summed E-state index contributed by atoms with van der Waals surface area (Å²) >= 11 is 0. The van der Waals surface area contributed by atoms with Crippen molar-refractivity contribution in [2.24, 2.45) is 5.41 Å². The van der Waals surface area contributed by atoms with Gasteiger partial charge >= 0.3 is 11.9 Å². The Morgan fingerprint density at radius 2 is 1.69 bits per heavy atom. The molecule has 4 N–H and O–H groups in total. The molecule has 4 aromatic carbocycles. The van der Waals surface area contributed by atoms with E-state index in [4.69, 9.17) is 9.47 Å². The first-order valence-electron chi connectivity index (χ1n) is 16.8. The van der Waals surface area contributed by atoms with Crippen LogP contribution in [0.3, 0.4) is 0 Å². The van der Waals surface area contributed by atoms with Crippen LogP contribution in [0.1, 0.15) is 65.2 Å². The van der Waals surface area contributed by atoms with Gasteiger partial charge in [-0.05, 0) is 91.4 Å². The summed E-state index contributed by atoms with van der Waals surface area (Å²) in [5, 5.41) is 28.2. The Hall–Kier alpha value is -5.05. The molecule has 1 aliphatic rings. The quantitative estimate of drug-likeness (QED) is 0.0996. The van der Waals surface area contributed by atoms with Crippen molar-refractivity contribution in [3.05, 3.63) is 131 Å². The normalized spacial score (nSPS) is 17.0. The molecule has 12 nitrogen and oxygen atoms in total. The maximum absolute atomic E-state index is 12.6. The number of carboxylic acids is 2. The van der Waals surface area contributed by atoms with E-state index >= 15 is 0 Å². The Bertz CT molecular complexity index is 2100. The summed E-state index contributed by atoms with van der Waals surface area (Å²) < 4.78 is 38.6. The molecule has 0 radical (unpaired) electrons. The number of aliphatic carboxylic acids is 1. The number of hydrogen-bond acceptors (Lipinski definition) is 9. The van der Waals surface area contributed by atoms with Gasteiger partial charge in [0.15, 0.2) is 0 Å². The Balaban J connectivity index is 1.20. The first kappa shape index (κ1) is 36.7. The number of carboxylic acid groups (broad SMARTS) is 2. The SMILES string of the molecule is Cc1ccc(C(OCc2cn(Cc3cccc(-c4cccc(C(=O)O)c4)c3)nn2)C(C)(C)C(=O)O)cc1CN1CC(C)Oc2ccccc2S1(O)O. The first-order chi connectivity index (χ1) is 24.7. The third-order valence-corrected chi connectivity index (χ3v) is 11.1. The van der Waals surface area contributed by atoms with Crippen molar-refractivity contribution in [2.75, 3.05) is 6.54 Å². The van der Waals surface area contributed by atoms with Crippen LogP contribution in [0.15, 0.2) is 102 Å². The molecular formula is C39H42N4O8S. The molecule has 0 saturated heterocycles. The molecule has 0 aliphatic carbocycles. The molecule has 1 aliphatic heterocycles. The smallest absolute Gasteiger partial charge is 0.335 e. The molecule has 6 rings (SSSR count). The lowest BCUT2D eigenvalue weighted by atomic mass is 9.81. The third-order valence-electron chi connectivity index (χ3n) is 9.22. The van der Waals surface area contributed by atoms with Crippen LogP contribution in [0.2, 0.25) is 0 Å². The van der Waals surface area contributed by atoms with E-state index in [0.29, 0.717) is 28.4 Å². The van der Waals surface area contributed by atoms with Gasteiger partial charge in [0.25, 0.3) is 0 Å². The van der Waals surface area contributed by atoms with Gasteiger partial charge in [-0.25, -0.2) is 9.48 Å². The van der Waals surface area contributed by atoms with Gasteiger partial charge in [0.2, 0.25) is 0 Å². The van der Waals surface area contributed by atoms with E-state index in [1.165, 1.54) is 0 Å². The maximum atomic E-state index is 12.6. The summed E-state index contributed by atoms with van der Waals surface area (Å²) in [4.78, 5) is 24.3. The predicted molar refractivity (Wildman–Crippen MR) is 196 cm³/mol. The van der Waals surface area contributed by atoms with Crippen LogP contribution < -0.4 is 4.74 Å². The molecule has 2 atom stereocenters. The molecule has 272 valence electrons. The van der Waals surface area contributed by atoms with Crippen LogP contribution in [0.25, 0.3) is 11.1 Å². The number of rotatable bonds is 12. The summed E-state index contributed by atoms with van der Waals surface area (Å²) in [6.45, 7) is 7.86. The minimum Gasteiger partial charge on any atom is -0.487 e. The fraction of sp³-hybridized carbons (Fsp3) is 0.282. The molecule has 0 amide bonds. The number of aryl methyl sites for hydroxylation is 1. The maximum Gasteiger partial charge on any atom is 0.335 e. The van der Waals surface area contributed by atoms with Crippen molar-refractivity contribution in [3.8, 4) is 16.9 Å². The van der Waals surface area contributed by atoms with Crippen LogP contribution in [0.5, 0.6) is 5.75 Å². The summed E-state index contributed by atoms with van der Waals surface area (Å²) in [6.07, 6.45) is 0.544. The minimum atomic E-state index is -3.39. The molecule has 0 fully saturated rings.